The van der Waals surface area contributed by atoms with E-state index in [2.05, 4.69) is 0 Å². The van der Waals surface area contributed by atoms with Gasteiger partial charge in [-0.25, -0.2) is 0 Å². The fourth-order valence-corrected chi connectivity index (χ4v) is 3.01. The summed E-state index contributed by atoms with van der Waals surface area (Å²) in [6.07, 6.45) is 3.48. The molecule has 6 heteroatoms. The van der Waals surface area contributed by atoms with E-state index in [4.69, 9.17) is 0 Å². The molecule has 1 saturated carbocycles. The molecular formula is C15H22N2O4. The van der Waals surface area contributed by atoms with Crippen LogP contribution in [0.3, 0.4) is 0 Å². The largest absolute Gasteiger partial charge is 0.395 e. The van der Waals surface area contributed by atoms with Crippen LogP contribution in [0.4, 0.5) is 11.4 Å². The fraction of sp³-hybridized carbons (Fsp3) is 0.600. The maximum absolute atomic E-state index is 11.4. The van der Waals surface area contributed by atoms with Gasteiger partial charge in [-0.05, 0) is 31.4 Å². The van der Waals surface area contributed by atoms with Crippen LogP contribution in [0.5, 0.6) is 0 Å². The van der Waals surface area contributed by atoms with Gasteiger partial charge in [-0.3, -0.25) is 10.1 Å². The van der Waals surface area contributed by atoms with Crippen LogP contribution in [0.2, 0.25) is 0 Å². The van der Waals surface area contributed by atoms with E-state index < -0.39 is 11.0 Å². The van der Waals surface area contributed by atoms with Gasteiger partial charge in [0.25, 0.3) is 5.69 Å². The topological polar surface area (TPSA) is 86.8 Å². The molecule has 2 N–H and O–H groups in total. The molecular weight excluding hydrogens is 272 g/mol. The quantitative estimate of drug-likeness (QED) is 0.621. The van der Waals surface area contributed by atoms with Crippen molar-refractivity contribution < 1.29 is 15.1 Å². The van der Waals surface area contributed by atoms with Gasteiger partial charge in [-0.2, -0.15) is 0 Å². The third kappa shape index (κ3) is 3.51. The van der Waals surface area contributed by atoms with Gasteiger partial charge < -0.3 is 15.1 Å². The average Bonchev–Trinajstić information content (AvgIpc) is 2.98. The van der Waals surface area contributed by atoms with E-state index in [1.165, 1.54) is 6.07 Å². The number of aliphatic hydroxyl groups is 2. The van der Waals surface area contributed by atoms with E-state index in [0.29, 0.717) is 17.8 Å². The SMILES string of the molecule is CC(O)c1ccc(N(CCO)C2CCCC2)c([N+](=O)[O-])c1. The number of anilines is 1. The summed E-state index contributed by atoms with van der Waals surface area (Å²) in [5.41, 5.74) is 1.06. The zero-order valence-electron chi connectivity index (χ0n) is 12.2. The highest BCUT2D eigenvalue weighted by atomic mass is 16.6. The molecule has 1 unspecified atom stereocenters. The highest BCUT2D eigenvalue weighted by Crippen LogP contribution is 2.35. The molecule has 0 aromatic heterocycles. The predicted molar refractivity (Wildman–Crippen MR) is 80.4 cm³/mol. The second-order valence-electron chi connectivity index (χ2n) is 5.54. The Morgan fingerprint density at radius 1 is 1.43 bits per heavy atom. The first-order valence-corrected chi connectivity index (χ1v) is 7.38. The maximum atomic E-state index is 11.4. The molecule has 0 radical (unpaired) electrons. The van der Waals surface area contributed by atoms with Gasteiger partial charge in [0.05, 0.1) is 17.6 Å². The first-order chi connectivity index (χ1) is 10.0. The molecule has 2 rings (SSSR count). The normalized spacial score (nSPS) is 16.9. The third-order valence-corrected chi connectivity index (χ3v) is 4.09. The lowest BCUT2D eigenvalue weighted by Crippen LogP contribution is -2.36. The molecule has 0 heterocycles. The van der Waals surface area contributed by atoms with Gasteiger partial charge in [0, 0.05) is 18.7 Å². The summed E-state index contributed by atoms with van der Waals surface area (Å²) in [5, 5.41) is 30.2. The van der Waals surface area contributed by atoms with Crippen molar-refractivity contribution in [3.8, 4) is 0 Å². The predicted octanol–water partition coefficient (Wildman–Crippen LogP) is 2.39. The Morgan fingerprint density at radius 2 is 2.10 bits per heavy atom. The van der Waals surface area contributed by atoms with Crippen LogP contribution in [0.15, 0.2) is 18.2 Å². The van der Waals surface area contributed by atoms with Crippen LogP contribution in [-0.2, 0) is 0 Å². The van der Waals surface area contributed by atoms with Crippen LogP contribution in [0, 0.1) is 10.1 Å². The van der Waals surface area contributed by atoms with E-state index in [-0.39, 0.29) is 18.3 Å². The summed E-state index contributed by atoms with van der Waals surface area (Å²) in [4.78, 5) is 12.9. The number of nitrogens with zero attached hydrogens (tertiary/aromatic N) is 2. The molecule has 1 aliphatic rings. The molecule has 1 aromatic rings. The third-order valence-electron chi connectivity index (χ3n) is 4.09. The van der Waals surface area contributed by atoms with Crippen molar-refractivity contribution in [2.75, 3.05) is 18.1 Å². The first kappa shape index (κ1) is 15.7. The standard InChI is InChI=1S/C15H22N2O4/c1-11(19)12-6-7-14(15(10-12)17(20)21)16(8-9-18)13-4-2-3-5-13/h6-7,10-11,13,18-19H,2-5,8-9H2,1H3. The Hall–Kier alpha value is -1.66. The summed E-state index contributed by atoms with van der Waals surface area (Å²) in [5.74, 6) is 0. The number of nitro groups is 1. The van der Waals surface area contributed by atoms with Gasteiger partial charge >= 0.3 is 0 Å². The highest BCUT2D eigenvalue weighted by Gasteiger charge is 2.28. The van der Waals surface area contributed by atoms with Crippen LogP contribution in [0.25, 0.3) is 0 Å². The second kappa shape index (κ2) is 6.87. The number of hydrogen-bond donors (Lipinski definition) is 2. The molecule has 116 valence electrons. The van der Waals surface area contributed by atoms with Crippen LogP contribution in [-0.4, -0.2) is 34.3 Å². The summed E-state index contributed by atoms with van der Waals surface area (Å²) in [6, 6.07) is 5.08. The van der Waals surface area contributed by atoms with Crippen LogP contribution >= 0.6 is 0 Å². The van der Waals surface area contributed by atoms with E-state index in [0.717, 1.165) is 25.7 Å². The van der Waals surface area contributed by atoms with Gasteiger partial charge in [0.15, 0.2) is 0 Å². The summed E-state index contributed by atoms with van der Waals surface area (Å²) >= 11 is 0. The lowest BCUT2D eigenvalue weighted by Gasteiger charge is -2.30. The van der Waals surface area contributed by atoms with Crippen molar-refractivity contribution in [1.29, 1.82) is 0 Å². The van der Waals surface area contributed by atoms with Crippen molar-refractivity contribution in [1.82, 2.24) is 0 Å². The maximum Gasteiger partial charge on any atom is 0.292 e. The number of nitro benzene ring substituents is 1. The molecule has 21 heavy (non-hydrogen) atoms. The summed E-state index contributed by atoms with van der Waals surface area (Å²) in [6.45, 7) is 1.94. The number of aliphatic hydroxyl groups excluding tert-OH is 2. The minimum atomic E-state index is -0.740. The molecule has 0 saturated heterocycles. The van der Waals surface area contributed by atoms with Gasteiger partial charge in [0.1, 0.15) is 5.69 Å². The van der Waals surface area contributed by atoms with E-state index in [9.17, 15) is 20.3 Å². The van der Waals surface area contributed by atoms with Crippen molar-refractivity contribution >= 4 is 11.4 Å². The zero-order chi connectivity index (χ0) is 15.4. The lowest BCUT2D eigenvalue weighted by atomic mass is 10.1. The molecule has 1 fully saturated rings. The molecule has 1 aliphatic carbocycles. The monoisotopic (exact) mass is 294 g/mol. The number of hydrogen-bond acceptors (Lipinski definition) is 5. The molecule has 0 amide bonds. The van der Waals surface area contributed by atoms with Gasteiger partial charge in [0.2, 0.25) is 0 Å². The Morgan fingerprint density at radius 3 is 2.62 bits per heavy atom. The van der Waals surface area contributed by atoms with Crippen LogP contribution in [0.1, 0.15) is 44.3 Å². The minimum Gasteiger partial charge on any atom is -0.395 e. The zero-order valence-corrected chi connectivity index (χ0v) is 12.2. The first-order valence-electron chi connectivity index (χ1n) is 7.38. The molecule has 1 atom stereocenters. The highest BCUT2D eigenvalue weighted by molar-refractivity contribution is 5.65. The lowest BCUT2D eigenvalue weighted by molar-refractivity contribution is -0.384. The summed E-state index contributed by atoms with van der Waals surface area (Å²) in [7, 11) is 0. The van der Waals surface area contributed by atoms with Crippen molar-refractivity contribution in [3.05, 3.63) is 33.9 Å². The van der Waals surface area contributed by atoms with E-state index in [1.54, 1.807) is 19.1 Å². The Bertz CT molecular complexity index is 498. The number of rotatable bonds is 6. The Kier molecular flexibility index (Phi) is 5.14. The Balaban J connectivity index is 2.40. The smallest absolute Gasteiger partial charge is 0.292 e. The van der Waals surface area contributed by atoms with E-state index in [1.807, 2.05) is 4.90 Å². The molecule has 0 bridgehead atoms. The van der Waals surface area contributed by atoms with Gasteiger partial charge in [-0.15, -0.1) is 0 Å². The number of benzene rings is 1. The van der Waals surface area contributed by atoms with Crippen molar-refractivity contribution in [3.63, 3.8) is 0 Å². The minimum absolute atomic E-state index is 0.00579. The van der Waals surface area contributed by atoms with Crippen molar-refractivity contribution in [2.45, 2.75) is 44.8 Å². The van der Waals surface area contributed by atoms with Crippen LogP contribution < -0.4 is 4.90 Å². The molecule has 6 nitrogen and oxygen atoms in total. The fourth-order valence-electron chi connectivity index (χ4n) is 3.01. The second-order valence-corrected chi connectivity index (χ2v) is 5.54. The average molecular weight is 294 g/mol. The Labute approximate surface area is 124 Å². The van der Waals surface area contributed by atoms with Gasteiger partial charge in [-0.1, -0.05) is 18.9 Å². The molecule has 0 aliphatic heterocycles. The van der Waals surface area contributed by atoms with Crippen molar-refractivity contribution in [2.24, 2.45) is 0 Å². The van der Waals surface area contributed by atoms with E-state index >= 15 is 0 Å². The molecule has 0 spiro atoms. The molecule has 1 aromatic carbocycles. The summed E-state index contributed by atoms with van der Waals surface area (Å²) < 4.78 is 0.